The van der Waals surface area contributed by atoms with E-state index in [1.807, 2.05) is 6.92 Å². The molecule has 0 spiro atoms. The molecule has 0 fully saturated rings. The molecule has 0 saturated carbocycles. The number of esters is 1. The Bertz CT molecular complexity index is 1070. The lowest BCUT2D eigenvalue weighted by Gasteiger charge is -2.20. The molecule has 8 nitrogen and oxygen atoms in total. The van der Waals surface area contributed by atoms with E-state index in [-0.39, 0.29) is 17.5 Å². The lowest BCUT2D eigenvalue weighted by Crippen LogP contribution is -2.35. The van der Waals surface area contributed by atoms with Gasteiger partial charge in [0.25, 0.3) is 5.91 Å². The number of rotatable bonds is 8. The molecule has 32 heavy (non-hydrogen) atoms. The van der Waals surface area contributed by atoms with Crippen LogP contribution in [0.25, 0.3) is 6.08 Å². The van der Waals surface area contributed by atoms with Crippen molar-refractivity contribution in [2.45, 2.75) is 20.0 Å². The SMILES string of the molecule is CCOc1cc(/C=C2/N=C(c3cccc(OC)c3)OC2=O)ccc1O[C@H](C)C(=O)N(C)C. The van der Waals surface area contributed by atoms with Crippen LogP contribution in [0.1, 0.15) is 25.0 Å². The molecule has 0 radical (unpaired) electrons. The molecular weight excluding hydrogens is 412 g/mol. The van der Waals surface area contributed by atoms with Gasteiger partial charge in [-0.15, -0.1) is 0 Å². The lowest BCUT2D eigenvalue weighted by molar-refractivity contribution is -0.135. The predicted octanol–water partition coefficient (Wildman–Crippen LogP) is 3.29. The van der Waals surface area contributed by atoms with Gasteiger partial charge in [-0.1, -0.05) is 12.1 Å². The third kappa shape index (κ3) is 5.26. The minimum Gasteiger partial charge on any atom is -0.497 e. The molecule has 168 valence electrons. The van der Waals surface area contributed by atoms with Crippen LogP contribution in [0.5, 0.6) is 17.2 Å². The minimum atomic E-state index is -0.673. The zero-order chi connectivity index (χ0) is 23.3. The van der Waals surface area contributed by atoms with E-state index < -0.39 is 12.1 Å². The first kappa shape index (κ1) is 22.9. The van der Waals surface area contributed by atoms with Crippen molar-refractivity contribution in [2.24, 2.45) is 4.99 Å². The standard InChI is InChI=1S/C24H26N2O6/c1-6-30-21-13-16(10-11-20(21)31-15(2)23(27)26(3)4)12-19-24(28)32-22(25-19)17-8-7-9-18(14-17)29-5/h7-15H,6H2,1-5H3/b19-12+/t15-/m1/s1. The van der Waals surface area contributed by atoms with Crippen LogP contribution in [-0.2, 0) is 14.3 Å². The van der Waals surface area contributed by atoms with Crippen molar-refractivity contribution in [3.8, 4) is 17.2 Å². The largest absolute Gasteiger partial charge is 0.497 e. The minimum absolute atomic E-state index is 0.160. The van der Waals surface area contributed by atoms with Crippen molar-refractivity contribution >= 4 is 23.9 Å². The van der Waals surface area contributed by atoms with Crippen LogP contribution in [0.4, 0.5) is 0 Å². The molecule has 2 aromatic rings. The molecule has 8 heteroatoms. The van der Waals surface area contributed by atoms with E-state index in [4.69, 9.17) is 18.9 Å². The average molecular weight is 438 g/mol. The van der Waals surface area contributed by atoms with E-state index in [0.717, 1.165) is 0 Å². The molecule has 0 aliphatic carbocycles. The maximum atomic E-state index is 12.3. The Labute approximate surface area is 187 Å². The topological polar surface area (TPSA) is 86.7 Å². The van der Waals surface area contributed by atoms with E-state index in [0.29, 0.717) is 35.0 Å². The number of nitrogens with zero attached hydrogens (tertiary/aromatic N) is 2. The van der Waals surface area contributed by atoms with Crippen molar-refractivity contribution in [1.29, 1.82) is 0 Å². The molecular formula is C24H26N2O6. The van der Waals surface area contributed by atoms with E-state index in [9.17, 15) is 9.59 Å². The molecule has 3 rings (SSSR count). The van der Waals surface area contributed by atoms with E-state index in [1.54, 1.807) is 76.7 Å². The van der Waals surface area contributed by atoms with Gasteiger partial charge in [0.2, 0.25) is 5.90 Å². The second kappa shape index (κ2) is 10.00. The first-order valence-corrected chi connectivity index (χ1v) is 10.1. The Morgan fingerprint density at radius 2 is 1.97 bits per heavy atom. The Morgan fingerprint density at radius 3 is 2.66 bits per heavy atom. The first-order valence-electron chi connectivity index (χ1n) is 10.1. The normalized spacial score (nSPS) is 15.1. The zero-order valence-corrected chi connectivity index (χ0v) is 18.7. The van der Waals surface area contributed by atoms with Crippen LogP contribution in [0.2, 0.25) is 0 Å². The zero-order valence-electron chi connectivity index (χ0n) is 18.7. The Kier molecular flexibility index (Phi) is 7.14. The summed E-state index contributed by atoms with van der Waals surface area (Å²) in [6.07, 6.45) is 0.934. The number of aliphatic imine (C=N–C) groups is 1. The number of carbonyl (C=O) groups is 2. The molecule has 1 aliphatic heterocycles. The summed E-state index contributed by atoms with van der Waals surface area (Å²) < 4.78 is 22.0. The van der Waals surface area contributed by atoms with Crippen LogP contribution >= 0.6 is 0 Å². The van der Waals surface area contributed by atoms with E-state index in [2.05, 4.69) is 4.99 Å². The molecule has 0 aromatic heterocycles. The molecule has 0 unspecified atom stereocenters. The number of ether oxygens (including phenoxy) is 4. The highest BCUT2D eigenvalue weighted by molar-refractivity contribution is 6.13. The van der Waals surface area contributed by atoms with Gasteiger partial charge in [-0.2, -0.15) is 0 Å². The number of hydrogen-bond donors (Lipinski definition) is 0. The highest BCUT2D eigenvalue weighted by Crippen LogP contribution is 2.31. The summed E-state index contributed by atoms with van der Waals surface area (Å²) in [4.78, 5) is 30.3. The van der Waals surface area contributed by atoms with E-state index in [1.165, 1.54) is 4.90 Å². The molecule has 1 atom stereocenters. The monoisotopic (exact) mass is 438 g/mol. The Hall–Kier alpha value is -3.81. The maximum absolute atomic E-state index is 12.3. The number of cyclic esters (lactones) is 1. The molecule has 2 aromatic carbocycles. The lowest BCUT2D eigenvalue weighted by atomic mass is 10.1. The van der Waals surface area contributed by atoms with Gasteiger partial charge in [0.1, 0.15) is 5.75 Å². The highest BCUT2D eigenvalue weighted by atomic mass is 16.6. The fourth-order valence-electron chi connectivity index (χ4n) is 3.03. The summed E-state index contributed by atoms with van der Waals surface area (Å²) in [5, 5.41) is 0. The molecule has 1 amide bonds. The van der Waals surface area contributed by atoms with Crippen molar-refractivity contribution in [1.82, 2.24) is 4.90 Å². The van der Waals surface area contributed by atoms with Gasteiger partial charge < -0.3 is 23.8 Å². The summed E-state index contributed by atoms with van der Waals surface area (Å²) >= 11 is 0. The predicted molar refractivity (Wildman–Crippen MR) is 120 cm³/mol. The number of hydrogen-bond acceptors (Lipinski definition) is 7. The number of carbonyl (C=O) groups excluding carboxylic acids is 2. The smallest absolute Gasteiger partial charge is 0.363 e. The van der Waals surface area contributed by atoms with Gasteiger partial charge in [-0.05, 0) is 55.8 Å². The van der Waals surface area contributed by atoms with Gasteiger partial charge in [0.15, 0.2) is 23.3 Å². The van der Waals surface area contributed by atoms with Gasteiger partial charge >= 0.3 is 5.97 Å². The van der Waals surface area contributed by atoms with Crippen LogP contribution in [0.15, 0.2) is 53.2 Å². The van der Waals surface area contributed by atoms with E-state index >= 15 is 0 Å². The molecule has 0 N–H and O–H groups in total. The van der Waals surface area contributed by atoms with Crippen molar-refractivity contribution in [2.75, 3.05) is 27.8 Å². The number of likely N-dealkylation sites (N-methyl/N-ethyl adjacent to an activating group) is 1. The number of benzene rings is 2. The second-order valence-electron chi connectivity index (χ2n) is 7.20. The Morgan fingerprint density at radius 1 is 1.19 bits per heavy atom. The average Bonchev–Trinajstić information content (AvgIpc) is 3.15. The fraction of sp³-hybridized carbons (Fsp3) is 0.292. The fourth-order valence-corrected chi connectivity index (χ4v) is 3.03. The summed E-state index contributed by atoms with van der Waals surface area (Å²) in [7, 11) is 4.90. The summed E-state index contributed by atoms with van der Waals surface area (Å²) in [6.45, 7) is 3.94. The number of amides is 1. The molecule has 1 heterocycles. The summed E-state index contributed by atoms with van der Waals surface area (Å²) in [5.74, 6) is 1.03. The molecule has 0 bridgehead atoms. The Balaban J connectivity index is 1.87. The third-order valence-corrected chi connectivity index (χ3v) is 4.60. The van der Waals surface area contributed by atoms with Gasteiger partial charge in [0, 0.05) is 19.7 Å². The van der Waals surface area contributed by atoms with Crippen LogP contribution < -0.4 is 14.2 Å². The molecule has 0 saturated heterocycles. The maximum Gasteiger partial charge on any atom is 0.363 e. The number of methoxy groups -OCH3 is 1. The summed E-state index contributed by atoms with van der Waals surface area (Å²) in [6, 6.07) is 12.3. The second-order valence-corrected chi connectivity index (χ2v) is 7.20. The van der Waals surface area contributed by atoms with Crippen LogP contribution in [-0.4, -0.2) is 56.6 Å². The third-order valence-electron chi connectivity index (χ3n) is 4.60. The van der Waals surface area contributed by atoms with Gasteiger partial charge in [0.05, 0.1) is 13.7 Å². The quantitative estimate of drug-likeness (QED) is 0.464. The van der Waals surface area contributed by atoms with Crippen molar-refractivity contribution in [3.05, 3.63) is 59.3 Å². The van der Waals surface area contributed by atoms with Crippen molar-refractivity contribution < 1.29 is 28.5 Å². The van der Waals surface area contributed by atoms with Crippen LogP contribution in [0, 0.1) is 0 Å². The summed E-state index contributed by atoms with van der Waals surface area (Å²) in [5.41, 5.74) is 1.48. The van der Waals surface area contributed by atoms with Gasteiger partial charge in [-0.3, -0.25) is 4.79 Å². The van der Waals surface area contributed by atoms with Crippen LogP contribution in [0.3, 0.4) is 0 Å². The van der Waals surface area contributed by atoms with Crippen molar-refractivity contribution in [3.63, 3.8) is 0 Å². The highest BCUT2D eigenvalue weighted by Gasteiger charge is 2.25. The first-order chi connectivity index (χ1) is 15.3. The molecule has 1 aliphatic rings. The van der Waals surface area contributed by atoms with Gasteiger partial charge in [-0.25, -0.2) is 9.79 Å².